The van der Waals surface area contributed by atoms with Crippen LogP contribution in [0.2, 0.25) is 0 Å². The first kappa shape index (κ1) is 11.2. The van der Waals surface area contributed by atoms with Gasteiger partial charge in [-0.2, -0.15) is 0 Å². The maximum absolute atomic E-state index is 4.46. The van der Waals surface area contributed by atoms with Crippen molar-refractivity contribution in [1.82, 2.24) is 14.9 Å². The van der Waals surface area contributed by atoms with Gasteiger partial charge in [-0.1, -0.05) is 15.9 Å². The molecule has 1 saturated heterocycles. The van der Waals surface area contributed by atoms with Crippen molar-refractivity contribution in [2.75, 3.05) is 13.1 Å². The molecule has 1 aromatic heterocycles. The first-order valence-electron chi connectivity index (χ1n) is 6.14. The number of halogens is 1. The molecule has 1 aromatic carbocycles. The fourth-order valence-corrected chi connectivity index (χ4v) is 2.87. The zero-order valence-corrected chi connectivity index (χ0v) is 11.3. The lowest BCUT2D eigenvalue weighted by Gasteiger charge is -2.23. The molecular formula is C13H16BrN3. The number of piperidine rings is 1. The number of hydrogen-bond donors (Lipinski definition) is 1. The van der Waals surface area contributed by atoms with Crippen LogP contribution in [0, 0.1) is 5.92 Å². The smallest absolute Gasteiger partial charge is 0.0958 e. The third-order valence-electron chi connectivity index (χ3n) is 3.50. The van der Waals surface area contributed by atoms with Gasteiger partial charge < -0.3 is 9.88 Å². The van der Waals surface area contributed by atoms with Crippen LogP contribution in [0.5, 0.6) is 0 Å². The highest BCUT2D eigenvalue weighted by Gasteiger charge is 2.14. The summed E-state index contributed by atoms with van der Waals surface area (Å²) in [6.45, 7) is 3.41. The second-order valence-electron chi connectivity index (χ2n) is 4.72. The maximum Gasteiger partial charge on any atom is 0.0958 e. The Morgan fingerprint density at radius 3 is 3.00 bits per heavy atom. The van der Waals surface area contributed by atoms with Gasteiger partial charge in [-0.05, 0) is 50.0 Å². The molecule has 17 heavy (non-hydrogen) atoms. The van der Waals surface area contributed by atoms with Crippen molar-refractivity contribution in [1.29, 1.82) is 0 Å². The molecule has 2 heterocycles. The number of nitrogens with zero attached hydrogens (tertiary/aromatic N) is 2. The highest BCUT2D eigenvalue weighted by molar-refractivity contribution is 9.10. The van der Waals surface area contributed by atoms with Crippen LogP contribution in [0.15, 0.2) is 29.0 Å². The quantitative estimate of drug-likeness (QED) is 0.923. The van der Waals surface area contributed by atoms with Crippen LogP contribution in [-0.4, -0.2) is 22.6 Å². The maximum atomic E-state index is 4.46. The average molecular weight is 294 g/mol. The van der Waals surface area contributed by atoms with Gasteiger partial charge in [0.25, 0.3) is 0 Å². The van der Waals surface area contributed by atoms with Crippen molar-refractivity contribution in [2.45, 2.75) is 19.4 Å². The van der Waals surface area contributed by atoms with E-state index in [9.17, 15) is 0 Å². The molecule has 0 amide bonds. The molecule has 0 saturated carbocycles. The molecule has 1 fully saturated rings. The standard InChI is InChI=1S/C13H16BrN3/c14-11-1-2-13-12(7-11)16-9-17(13)8-10-3-5-15-6-4-10/h1-2,7,9-10,15H,3-6,8H2. The summed E-state index contributed by atoms with van der Waals surface area (Å²) in [4.78, 5) is 4.46. The van der Waals surface area contributed by atoms with E-state index in [1.807, 2.05) is 6.33 Å². The number of fused-ring (bicyclic) bond motifs is 1. The molecule has 0 atom stereocenters. The zero-order valence-electron chi connectivity index (χ0n) is 9.69. The van der Waals surface area contributed by atoms with Crippen molar-refractivity contribution in [2.24, 2.45) is 5.92 Å². The van der Waals surface area contributed by atoms with Crippen LogP contribution in [-0.2, 0) is 6.54 Å². The summed E-state index contributed by atoms with van der Waals surface area (Å²) in [5.74, 6) is 0.789. The molecule has 0 bridgehead atoms. The van der Waals surface area contributed by atoms with Gasteiger partial charge in [0.15, 0.2) is 0 Å². The van der Waals surface area contributed by atoms with Gasteiger partial charge in [-0.25, -0.2) is 4.98 Å². The van der Waals surface area contributed by atoms with Gasteiger partial charge in [0.2, 0.25) is 0 Å². The number of hydrogen-bond acceptors (Lipinski definition) is 2. The van der Waals surface area contributed by atoms with Crippen molar-refractivity contribution in [3.05, 3.63) is 29.0 Å². The number of imidazole rings is 1. The molecule has 0 radical (unpaired) electrons. The first-order chi connectivity index (χ1) is 8.33. The summed E-state index contributed by atoms with van der Waals surface area (Å²) in [6.07, 6.45) is 4.52. The summed E-state index contributed by atoms with van der Waals surface area (Å²) in [7, 11) is 0. The molecule has 2 aromatic rings. The van der Waals surface area contributed by atoms with E-state index in [1.54, 1.807) is 0 Å². The topological polar surface area (TPSA) is 29.9 Å². The number of benzene rings is 1. The lowest BCUT2D eigenvalue weighted by atomic mass is 9.98. The van der Waals surface area contributed by atoms with Crippen LogP contribution in [0.1, 0.15) is 12.8 Å². The van der Waals surface area contributed by atoms with E-state index >= 15 is 0 Å². The van der Waals surface area contributed by atoms with Crippen molar-refractivity contribution in [3.8, 4) is 0 Å². The monoisotopic (exact) mass is 293 g/mol. The van der Waals surface area contributed by atoms with E-state index in [2.05, 4.69) is 49.0 Å². The van der Waals surface area contributed by atoms with Crippen LogP contribution < -0.4 is 5.32 Å². The molecule has 90 valence electrons. The number of nitrogens with one attached hydrogen (secondary N) is 1. The van der Waals surface area contributed by atoms with Crippen LogP contribution in [0.25, 0.3) is 11.0 Å². The first-order valence-corrected chi connectivity index (χ1v) is 6.93. The average Bonchev–Trinajstić information content (AvgIpc) is 2.73. The molecular weight excluding hydrogens is 278 g/mol. The summed E-state index contributed by atoms with van der Waals surface area (Å²) in [5.41, 5.74) is 2.32. The second-order valence-corrected chi connectivity index (χ2v) is 5.64. The molecule has 3 rings (SSSR count). The van der Waals surface area contributed by atoms with Crippen molar-refractivity contribution >= 4 is 27.0 Å². The SMILES string of the molecule is Brc1ccc2c(c1)ncn2CC1CCNCC1. The van der Waals surface area contributed by atoms with Crippen LogP contribution >= 0.6 is 15.9 Å². The van der Waals surface area contributed by atoms with Gasteiger partial charge in [0.1, 0.15) is 0 Å². The molecule has 0 aliphatic carbocycles. The van der Waals surface area contributed by atoms with Gasteiger partial charge in [-0.3, -0.25) is 0 Å². The Balaban J connectivity index is 1.84. The molecule has 4 heteroatoms. The minimum Gasteiger partial charge on any atom is -0.330 e. The van der Waals surface area contributed by atoms with Crippen molar-refractivity contribution in [3.63, 3.8) is 0 Å². The third kappa shape index (κ3) is 2.38. The Kier molecular flexibility index (Phi) is 3.16. The molecule has 0 spiro atoms. The van der Waals surface area contributed by atoms with E-state index < -0.39 is 0 Å². The molecule has 1 aliphatic heterocycles. The predicted octanol–water partition coefficient (Wildman–Crippen LogP) is 2.80. The Morgan fingerprint density at radius 2 is 2.18 bits per heavy atom. The summed E-state index contributed by atoms with van der Waals surface area (Å²) < 4.78 is 3.38. The highest BCUT2D eigenvalue weighted by Crippen LogP contribution is 2.21. The Labute approximate surface area is 109 Å². The van der Waals surface area contributed by atoms with E-state index in [1.165, 1.54) is 18.4 Å². The van der Waals surface area contributed by atoms with Gasteiger partial charge in [0, 0.05) is 11.0 Å². The molecule has 0 unspecified atom stereocenters. The lowest BCUT2D eigenvalue weighted by Crippen LogP contribution is -2.29. The van der Waals surface area contributed by atoms with Crippen LogP contribution in [0.4, 0.5) is 0 Å². The van der Waals surface area contributed by atoms with Crippen molar-refractivity contribution < 1.29 is 0 Å². The third-order valence-corrected chi connectivity index (χ3v) is 3.99. The highest BCUT2D eigenvalue weighted by atomic mass is 79.9. The van der Waals surface area contributed by atoms with E-state index in [4.69, 9.17) is 0 Å². The summed E-state index contributed by atoms with van der Waals surface area (Å²) in [6, 6.07) is 6.31. The van der Waals surface area contributed by atoms with E-state index in [0.29, 0.717) is 0 Å². The number of rotatable bonds is 2. The summed E-state index contributed by atoms with van der Waals surface area (Å²) >= 11 is 3.48. The lowest BCUT2D eigenvalue weighted by molar-refractivity contribution is 0.336. The van der Waals surface area contributed by atoms with Gasteiger partial charge in [0.05, 0.1) is 17.4 Å². The molecule has 1 N–H and O–H groups in total. The Hall–Kier alpha value is -0.870. The van der Waals surface area contributed by atoms with Crippen LogP contribution in [0.3, 0.4) is 0 Å². The molecule has 1 aliphatic rings. The Morgan fingerprint density at radius 1 is 1.35 bits per heavy atom. The fraction of sp³-hybridized carbons (Fsp3) is 0.462. The minimum absolute atomic E-state index is 0.789. The summed E-state index contributed by atoms with van der Waals surface area (Å²) in [5, 5.41) is 3.41. The molecule has 3 nitrogen and oxygen atoms in total. The Bertz CT molecular complexity index is 514. The van der Waals surface area contributed by atoms with Gasteiger partial charge >= 0.3 is 0 Å². The number of aromatic nitrogens is 2. The second kappa shape index (κ2) is 4.78. The predicted molar refractivity (Wildman–Crippen MR) is 73.0 cm³/mol. The largest absolute Gasteiger partial charge is 0.330 e. The minimum atomic E-state index is 0.789. The van der Waals surface area contributed by atoms with E-state index in [-0.39, 0.29) is 0 Å². The van der Waals surface area contributed by atoms with Gasteiger partial charge in [-0.15, -0.1) is 0 Å². The fourth-order valence-electron chi connectivity index (χ4n) is 2.52. The normalized spacial score (nSPS) is 17.7. The zero-order chi connectivity index (χ0) is 11.7. The van der Waals surface area contributed by atoms with E-state index in [0.717, 1.165) is 35.5 Å².